The van der Waals surface area contributed by atoms with Gasteiger partial charge in [-0.05, 0) is 29.9 Å². The van der Waals surface area contributed by atoms with Gasteiger partial charge in [0.2, 0.25) is 0 Å². The minimum absolute atomic E-state index is 0.0797. The van der Waals surface area contributed by atoms with Gasteiger partial charge in [0.05, 0.1) is 5.92 Å². The number of carboxylic acids is 1. The van der Waals surface area contributed by atoms with Crippen LogP contribution < -0.4 is 0 Å². The summed E-state index contributed by atoms with van der Waals surface area (Å²) in [5.74, 6) is -0.560. The van der Waals surface area contributed by atoms with E-state index in [1.165, 1.54) is 5.56 Å². The Labute approximate surface area is 119 Å². The second kappa shape index (κ2) is 5.49. The zero-order valence-electron chi connectivity index (χ0n) is 11.3. The molecule has 0 radical (unpaired) electrons. The third-order valence-electron chi connectivity index (χ3n) is 4.39. The molecular weight excluding hydrogens is 248 g/mol. The predicted molar refractivity (Wildman–Crippen MR) is 78.7 cm³/mol. The van der Waals surface area contributed by atoms with Crippen LogP contribution in [-0.4, -0.2) is 11.1 Å². The van der Waals surface area contributed by atoms with Crippen molar-refractivity contribution in [3.63, 3.8) is 0 Å². The van der Waals surface area contributed by atoms with E-state index in [-0.39, 0.29) is 11.8 Å². The average molecular weight is 266 g/mol. The molecule has 2 heteroatoms. The van der Waals surface area contributed by atoms with Crippen LogP contribution in [0.2, 0.25) is 0 Å². The van der Waals surface area contributed by atoms with Crippen molar-refractivity contribution in [2.24, 2.45) is 5.92 Å². The van der Waals surface area contributed by atoms with Gasteiger partial charge in [0.1, 0.15) is 0 Å². The van der Waals surface area contributed by atoms with E-state index in [9.17, 15) is 9.90 Å². The molecule has 20 heavy (non-hydrogen) atoms. The highest BCUT2D eigenvalue weighted by atomic mass is 16.4. The summed E-state index contributed by atoms with van der Waals surface area (Å²) < 4.78 is 0. The Balaban J connectivity index is 2.00. The van der Waals surface area contributed by atoms with Gasteiger partial charge in [-0.25, -0.2) is 0 Å². The van der Waals surface area contributed by atoms with Crippen molar-refractivity contribution in [3.8, 4) is 0 Å². The molecule has 2 nitrogen and oxygen atoms in total. The summed E-state index contributed by atoms with van der Waals surface area (Å²) in [6.07, 6.45) is 1.70. The monoisotopic (exact) mass is 266 g/mol. The van der Waals surface area contributed by atoms with Crippen molar-refractivity contribution >= 4 is 5.97 Å². The highest BCUT2D eigenvalue weighted by molar-refractivity contribution is 5.72. The van der Waals surface area contributed by atoms with Crippen LogP contribution in [0.3, 0.4) is 0 Å². The van der Waals surface area contributed by atoms with E-state index in [2.05, 4.69) is 24.3 Å². The number of hydrogen-bond donors (Lipinski definition) is 1. The normalized spacial score (nSPS) is 25.5. The number of rotatable bonds is 3. The largest absolute Gasteiger partial charge is 0.481 e. The van der Waals surface area contributed by atoms with Crippen molar-refractivity contribution in [2.45, 2.75) is 24.7 Å². The van der Waals surface area contributed by atoms with Gasteiger partial charge in [-0.3, -0.25) is 4.79 Å². The molecule has 1 saturated carbocycles. The van der Waals surface area contributed by atoms with Crippen molar-refractivity contribution in [1.29, 1.82) is 0 Å². The van der Waals surface area contributed by atoms with E-state index in [4.69, 9.17) is 0 Å². The maximum absolute atomic E-state index is 11.6. The Bertz CT molecular complexity index is 577. The highest BCUT2D eigenvalue weighted by Crippen LogP contribution is 2.49. The molecule has 2 aromatic rings. The molecule has 0 amide bonds. The Kier molecular flexibility index (Phi) is 3.55. The van der Waals surface area contributed by atoms with Crippen LogP contribution in [0.4, 0.5) is 0 Å². The fourth-order valence-corrected chi connectivity index (χ4v) is 3.49. The van der Waals surface area contributed by atoms with Crippen LogP contribution in [0.5, 0.6) is 0 Å². The van der Waals surface area contributed by atoms with Gasteiger partial charge in [0, 0.05) is 5.92 Å². The molecule has 0 spiro atoms. The first kappa shape index (κ1) is 12.9. The van der Waals surface area contributed by atoms with Crippen molar-refractivity contribution < 1.29 is 9.90 Å². The average Bonchev–Trinajstić information content (AvgIpc) is 2.94. The van der Waals surface area contributed by atoms with Crippen LogP contribution in [0, 0.1) is 5.92 Å². The van der Waals surface area contributed by atoms with Gasteiger partial charge < -0.3 is 5.11 Å². The molecule has 3 rings (SSSR count). The smallest absolute Gasteiger partial charge is 0.307 e. The molecule has 0 heterocycles. The third-order valence-corrected chi connectivity index (χ3v) is 4.39. The van der Waals surface area contributed by atoms with Crippen molar-refractivity contribution in [3.05, 3.63) is 71.8 Å². The van der Waals surface area contributed by atoms with Gasteiger partial charge in [0.15, 0.2) is 0 Å². The minimum Gasteiger partial charge on any atom is -0.481 e. The van der Waals surface area contributed by atoms with Crippen LogP contribution in [0.25, 0.3) is 0 Å². The fourth-order valence-electron chi connectivity index (χ4n) is 3.49. The molecule has 1 aliphatic carbocycles. The standard InChI is InChI=1S/C18H18O2/c19-18(20)16-12-11-15(13-7-3-1-4-8-13)17(16)14-9-5-2-6-10-14/h1-10,15-17H,11-12H2,(H,19,20)/t15-,16+,17+/m0/s1. The summed E-state index contributed by atoms with van der Waals surface area (Å²) in [5, 5.41) is 9.51. The predicted octanol–water partition coefficient (Wildman–Crippen LogP) is 4.05. The molecule has 0 unspecified atom stereocenters. The van der Waals surface area contributed by atoms with Gasteiger partial charge in [-0.1, -0.05) is 60.7 Å². The molecule has 0 aliphatic heterocycles. The molecule has 102 valence electrons. The fraction of sp³-hybridized carbons (Fsp3) is 0.278. The second-order valence-corrected chi connectivity index (χ2v) is 5.48. The van der Waals surface area contributed by atoms with E-state index in [0.29, 0.717) is 5.92 Å². The van der Waals surface area contributed by atoms with E-state index in [0.717, 1.165) is 18.4 Å². The van der Waals surface area contributed by atoms with Gasteiger partial charge in [-0.15, -0.1) is 0 Å². The molecule has 0 saturated heterocycles. The first-order chi connectivity index (χ1) is 9.77. The lowest BCUT2D eigenvalue weighted by Crippen LogP contribution is -2.19. The summed E-state index contributed by atoms with van der Waals surface area (Å²) in [7, 11) is 0. The van der Waals surface area contributed by atoms with Crippen molar-refractivity contribution in [2.75, 3.05) is 0 Å². The molecule has 1 fully saturated rings. The van der Waals surface area contributed by atoms with Crippen LogP contribution in [0.15, 0.2) is 60.7 Å². The summed E-state index contributed by atoms with van der Waals surface area (Å²) in [5.41, 5.74) is 2.40. The lowest BCUT2D eigenvalue weighted by molar-refractivity contribution is -0.142. The lowest BCUT2D eigenvalue weighted by atomic mass is 9.80. The Morgan fingerprint density at radius 2 is 1.40 bits per heavy atom. The first-order valence-corrected chi connectivity index (χ1v) is 7.10. The number of hydrogen-bond acceptors (Lipinski definition) is 1. The van der Waals surface area contributed by atoms with Crippen LogP contribution in [0.1, 0.15) is 35.8 Å². The quantitative estimate of drug-likeness (QED) is 0.910. The number of carboxylic acid groups (broad SMARTS) is 1. The van der Waals surface area contributed by atoms with Crippen molar-refractivity contribution in [1.82, 2.24) is 0 Å². The van der Waals surface area contributed by atoms with E-state index in [1.54, 1.807) is 0 Å². The van der Waals surface area contributed by atoms with Gasteiger partial charge in [0.25, 0.3) is 0 Å². The van der Waals surface area contributed by atoms with E-state index in [1.807, 2.05) is 36.4 Å². The topological polar surface area (TPSA) is 37.3 Å². The van der Waals surface area contributed by atoms with Gasteiger partial charge in [-0.2, -0.15) is 0 Å². The number of carbonyl (C=O) groups is 1. The zero-order valence-corrected chi connectivity index (χ0v) is 11.3. The Morgan fingerprint density at radius 3 is 1.95 bits per heavy atom. The zero-order chi connectivity index (χ0) is 13.9. The molecule has 0 aromatic heterocycles. The summed E-state index contributed by atoms with van der Waals surface area (Å²) in [6, 6.07) is 20.4. The molecule has 2 aromatic carbocycles. The SMILES string of the molecule is O=C(O)[C@@H]1CC[C@@H](c2ccccc2)[C@H]1c1ccccc1. The molecule has 1 aliphatic rings. The maximum Gasteiger partial charge on any atom is 0.307 e. The number of benzene rings is 2. The summed E-state index contributed by atoms with van der Waals surface area (Å²) in [4.78, 5) is 11.6. The van der Waals surface area contributed by atoms with Crippen LogP contribution >= 0.6 is 0 Å². The molecule has 0 bridgehead atoms. The lowest BCUT2D eigenvalue weighted by Gasteiger charge is -2.23. The summed E-state index contributed by atoms with van der Waals surface area (Å²) >= 11 is 0. The minimum atomic E-state index is -0.669. The highest BCUT2D eigenvalue weighted by Gasteiger charge is 2.41. The Hall–Kier alpha value is -2.09. The maximum atomic E-state index is 11.6. The third kappa shape index (κ3) is 2.34. The van der Waals surface area contributed by atoms with E-state index < -0.39 is 5.97 Å². The molecule has 1 N–H and O–H groups in total. The van der Waals surface area contributed by atoms with E-state index >= 15 is 0 Å². The van der Waals surface area contributed by atoms with Crippen LogP contribution in [-0.2, 0) is 4.79 Å². The Morgan fingerprint density at radius 1 is 0.850 bits per heavy atom. The molecular formula is C18H18O2. The summed E-state index contributed by atoms with van der Waals surface area (Å²) in [6.45, 7) is 0. The number of aliphatic carboxylic acids is 1. The first-order valence-electron chi connectivity index (χ1n) is 7.10. The second-order valence-electron chi connectivity index (χ2n) is 5.48. The van der Waals surface area contributed by atoms with Gasteiger partial charge >= 0.3 is 5.97 Å². The molecule has 3 atom stereocenters.